The highest BCUT2D eigenvalue weighted by Gasteiger charge is 2.24. The summed E-state index contributed by atoms with van der Waals surface area (Å²) in [5.74, 6) is 0. The van der Waals surface area contributed by atoms with E-state index < -0.39 is 0 Å². The molecule has 2 nitrogen and oxygen atoms in total. The molecule has 0 saturated carbocycles. The predicted octanol–water partition coefficient (Wildman–Crippen LogP) is 17.1. The van der Waals surface area contributed by atoms with Crippen LogP contribution < -0.4 is 0 Å². The molecule has 1 aliphatic rings. The molecule has 0 radical (unpaired) electrons. The number of para-hydroxylation sites is 4. The van der Waals surface area contributed by atoms with Crippen LogP contribution in [-0.4, -0.2) is 0 Å². The SMILES string of the molecule is c1ccc(-c2ccccc2-c2cccc3c2oc2c(-c4ccc5c(c4)-c4cc(-c6cccc7c6oc6c(-c8ccccc8-c8ccccc8)cccc67)ccc4C5)cccc23)cc1. The minimum Gasteiger partial charge on any atom is -0.455 e. The van der Waals surface area contributed by atoms with Crippen LogP contribution in [0.1, 0.15) is 11.1 Å². The summed E-state index contributed by atoms with van der Waals surface area (Å²) in [5.41, 5.74) is 22.6. The highest BCUT2D eigenvalue weighted by molar-refractivity contribution is 6.15. The maximum atomic E-state index is 7.00. The second-order valence-electron chi connectivity index (χ2n) is 16.7. The van der Waals surface area contributed by atoms with Crippen LogP contribution >= 0.6 is 0 Å². The van der Waals surface area contributed by atoms with Crippen molar-refractivity contribution in [2.75, 3.05) is 0 Å². The monoisotopic (exact) mass is 802 g/mol. The summed E-state index contributed by atoms with van der Waals surface area (Å²) in [6.45, 7) is 0. The lowest BCUT2D eigenvalue weighted by molar-refractivity contribution is 0.670. The van der Waals surface area contributed by atoms with Gasteiger partial charge in [-0.3, -0.25) is 0 Å². The van der Waals surface area contributed by atoms with E-state index in [4.69, 9.17) is 8.83 Å². The van der Waals surface area contributed by atoms with Crippen LogP contribution in [-0.2, 0) is 6.42 Å². The van der Waals surface area contributed by atoms with Gasteiger partial charge >= 0.3 is 0 Å². The fraction of sp³-hybridized carbons (Fsp3) is 0.0164. The smallest absolute Gasteiger partial charge is 0.143 e. The van der Waals surface area contributed by atoms with Gasteiger partial charge in [0.1, 0.15) is 22.3 Å². The Balaban J connectivity index is 0.912. The highest BCUT2D eigenvalue weighted by Crippen LogP contribution is 2.47. The van der Waals surface area contributed by atoms with Crippen molar-refractivity contribution in [3.63, 3.8) is 0 Å². The second-order valence-corrected chi connectivity index (χ2v) is 16.7. The van der Waals surface area contributed by atoms with Gasteiger partial charge < -0.3 is 8.83 Å². The van der Waals surface area contributed by atoms with Gasteiger partial charge in [-0.05, 0) is 85.3 Å². The number of hydrogen-bond donors (Lipinski definition) is 0. The Morgan fingerprint density at radius 3 is 0.968 bits per heavy atom. The van der Waals surface area contributed by atoms with E-state index >= 15 is 0 Å². The minimum absolute atomic E-state index is 0.906. The zero-order chi connectivity index (χ0) is 41.4. The van der Waals surface area contributed by atoms with E-state index in [1.807, 2.05) is 0 Å². The van der Waals surface area contributed by atoms with Crippen LogP contribution in [0.4, 0.5) is 0 Å². The third-order valence-corrected chi connectivity index (χ3v) is 13.2. The molecular weight excluding hydrogens is 765 g/mol. The maximum Gasteiger partial charge on any atom is 0.143 e. The van der Waals surface area contributed by atoms with Crippen LogP contribution in [0.2, 0.25) is 0 Å². The van der Waals surface area contributed by atoms with Gasteiger partial charge in [0, 0.05) is 43.8 Å². The molecule has 0 amide bonds. The van der Waals surface area contributed by atoms with Gasteiger partial charge in [0.05, 0.1) is 0 Å². The standard InChI is InChI=1S/C61H38O2/c1-3-15-38(16-4-1)44-19-7-9-21-48(44)50-25-13-29-54-52-27-11-23-46(58(52)62-60(50)54)42-33-31-40-35-41-32-34-43(37-57(41)56(40)36-42)47-24-12-28-53-55-30-14-26-51(61(55)63-59(47)53)49-22-10-8-20-45(49)39-17-5-2-6-18-39/h1-34,36-37H,35H2. The zero-order valence-corrected chi connectivity index (χ0v) is 34.3. The van der Waals surface area contributed by atoms with Gasteiger partial charge in [0.25, 0.3) is 0 Å². The van der Waals surface area contributed by atoms with Crippen molar-refractivity contribution in [3.05, 3.63) is 230 Å². The van der Waals surface area contributed by atoms with Gasteiger partial charge in [0.15, 0.2) is 0 Å². The lowest BCUT2D eigenvalue weighted by atomic mass is 9.93. The molecule has 0 N–H and O–H groups in total. The fourth-order valence-corrected chi connectivity index (χ4v) is 10.2. The summed E-state index contributed by atoms with van der Waals surface area (Å²) in [5, 5.41) is 4.48. The van der Waals surface area contributed by atoms with Crippen molar-refractivity contribution in [1.29, 1.82) is 0 Å². The van der Waals surface area contributed by atoms with Crippen LogP contribution in [0.15, 0.2) is 227 Å². The van der Waals surface area contributed by atoms with Crippen molar-refractivity contribution < 1.29 is 8.83 Å². The van der Waals surface area contributed by atoms with Crippen molar-refractivity contribution in [2.45, 2.75) is 6.42 Å². The Kier molecular flexibility index (Phi) is 8.01. The number of rotatable bonds is 6. The van der Waals surface area contributed by atoms with E-state index in [-0.39, 0.29) is 0 Å². The van der Waals surface area contributed by atoms with E-state index in [1.54, 1.807) is 0 Å². The quantitative estimate of drug-likeness (QED) is 0.167. The molecule has 10 aromatic carbocycles. The first-order valence-electron chi connectivity index (χ1n) is 21.7. The van der Waals surface area contributed by atoms with Gasteiger partial charge in [-0.2, -0.15) is 0 Å². The normalized spacial score (nSPS) is 12.1. The molecule has 63 heavy (non-hydrogen) atoms. The van der Waals surface area contributed by atoms with Crippen LogP contribution in [0.25, 0.3) is 122 Å². The van der Waals surface area contributed by atoms with Gasteiger partial charge in [-0.1, -0.05) is 206 Å². The number of hydrogen-bond acceptors (Lipinski definition) is 2. The maximum absolute atomic E-state index is 7.00. The molecule has 0 bridgehead atoms. The number of fused-ring (bicyclic) bond motifs is 9. The molecular formula is C61H38O2. The molecule has 1 aliphatic carbocycles. The Morgan fingerprint density at radius 1 is 0.222 bits per heavy atom. The highest BCUT2D eigenvalue weighted by atomic mass is 16.3. The minimum atomic E-state index is 0.906. The van der Waals surface area contributed by atoms with Crippen LogP contribution in [0.3, 0.4) is 0 Å². The molecule has 0 unspecified atom stereocenters. The molecule has 0 atom stereocenters. The van der Waals surface area contributed by atoms with E-state index in [0.717, 1.165) is 94.8 Å². The molecule has 0 saturated heterocycles. The third-order valence-electron chi connectivity index (χ3n) is 13.2. The van der Waals surface area contributed by atoms with Crippen molar-refractivity contribution in [1.82, 2.24) is 0 Å². The van der Waals surface area contributed by atoms with E-state index in [1.165, 1.54) is 44.5 Å². The average Bonchev–Trinajstić information content (AvgIpc) is 4.06. The van der Waals surface area contributed by atoms with Gasteiger partial charge in [-0.25, -0.2) is 0 Å². The molecule has 12 aromatic rings. The summed E-state index contributed by atoms with van der Waals surface area (Å²) >= 11 is 0. The lowest BCUT2D eigenvalue weighted by Crippen LogP contribution is -1.85. The first-order chi connectivity index (χ1) is 31.2. The number of furan rings is 2. The topological polar surface area (TPSA) is 26.3 Å². The number of benzene rings is 10. The van der Waals surface area contributed by atoms with Crippen LogP contribution in [0, 0.1) is 0 Å². The first kappa shape index (κ1) is 35.5. The predicted molar refractivity (Wildman–Crippen MR) is 262 cm³/mol. The van der Waals surface area contributed by atoms with E-state index in [9.17, 15) is 0 Å². The summed E-state index contributed by atoms with van der Waals surface area (Å²) in [7, 11) is 0. The molecule has 2 aromatic heterocycles. The summed E-state index contributed by atoms with van der Waals surface area (Å²) < 4.78 is 14.0. The van der Waals surface area contributed by atoms with E-state index in [2.05, 4.69) is 218 Å². The molecule has 13 rings (SSSR count). The molecule has 0 spiro atoms. The first-order valence-corrected chi connectivity index (χ1v) is 21.7. The second kappa shape index (κ2) is 14.2. The Bertz CT molecular complexity index is 3510. The lowest BCUT2D eigenvalue weighted by Gasteiger charge is -2.10. The molecule has 2 heteroatoms. The molecule has 294 valence electrons. The van der Waals surface area contributed by atoms with Gasteiger partial charge in [-0.15, -0.1) is 0 Å². The van der Waals surface area contributed by atoms with Gasteiger partial charge in [0.2, 0.25) is 0 Å². The summed E-state index contributed by atoms with van der Waals surface area (Å²) in [4.78, 5) is 0. The third kappa shape index (κ3) is 5.65. The Hall–Kier alpha value is -8.20. The largest absolute Gasteiger partial charge is 0.455 e. The van der Waals surface area contributed by atoms with Crippen molar-refractivity contribution >= 4 is 43.9 Å². The fourth-order valence-electron chi connectivity index (χ4n) is 10.2. The molecule has 0 fully saturated rings. The zero-order valence-electron chi connectivity index (χ0n) is 34.3. The van der Waals surface area contributed by atoms with E-state index in [0.29, 0.717) is 0 Å². The van der Waals surface area contributed by atoms with Crippen LogP contribution in [0.5, 0.6) is 0 Å². The van der Waals surface area contributed by atoms with Crippen molar-refractivity contribution in [2.24, 2.45) is 0 Å². The summed E-state index contributed by atoms with van der Waals surface area (Å²) in [6, 6.07) is 78.5. The summed E-state index contributed by atoms with van der Waals surface area (Å²) in [6.07, 6.45) is 0.906. The molecule has 2 heterocycles. The Morgan fingerprint density at radius 2 is 0.556 bits per heavy atom. The molecule has 0 aliphatic heterocycles. The van der Waals surface area contributed by atoms with Crippen molar-refractivity contribution in [3.8, 4) is 77.9 Å². The Labute approximate surface area is 365 Å². The average molecular weight is 803 g/mol.